The number of rotatable bonds is 9. The van der Waals surface area contributed by atoms with E-state index in [1.807, 2.05) is 67.6 Å². The number of likely N-dealkylation sites (tertiary alicyclic amines) is 1. The molecule has 8 heteroatoms. The van der Waals surface area contributed by atoms with E-state index in [-0.39, 0.29) is 17.9 Å². The van der Waals surface area contributed by atoms with Crippen LogP contribution < -0.4 is 18.9 Å². The zero-order valence-electron chi connectivity index (χ0n) is 23.7. The lowest BCUT2D eigenvalue weighted by Gasteiger charge is -2.26. The predicted molar refractivity (Wildman–Crippen MR) is 160 cm³/mol. The minimum Gasteiger partial charge on any atom is -0.507 e. The zero-order chi connectivity index (χ0) is 29.8. The average Bonchev–Trinajstić information content (AvgIpc) is 3.29. The summed E-state index contributed by atoms with van der Waals surface area (Å²) in [4.78, 5) is 28.6. The van der Waals surface area contributed by atoms with Crippen molar-refractivity contribution in [2.75, 3.05) is 19.8 Å². The third-order valence-corrected chi connectivity index (χ3v) is 7.37. The Morgan fingerprint density at radius 1 is 0.814 bits per heavy atom. The van der Waals surface area contributed by atoms with Gasteiger partial charge < -0.3 is 29.0 Å². The molecule has 6 rings (SSSR count). The molecule has 1 N–H and O–H groups in total. The first kappa shape index (κ1) is 27.9. The molecule has 4 aromatic carbocycles. The Balaban J connectivity index is 1.43. The van der Waals surface area contributed by atoms with Crippen LogP contribution >= 0.6 is 0 Å². The number of aliphatic hydroxyl groups excluding tert-OH is 1. The fraction of sp³-hybridized carbons (Fsp3) is 0.200. The van der Waals surface area contributed by atoms with Crippen molar-refractivity contribution >= 4 is 17.4 Å². The van der Waals surface area contributed by atoms with Crippen molar-refractivity contribution in [1.29, 1.82) is 0 Å². The quantitative estimate of drug-likeness (QED) is 0.147. The lowest BCUT2D eigenvalue weighted by atomic mass is 9.94. The number of carbonyl (C=O) groups excluding carboxylic acids is 2. The first-order valence-corrected chi connectivity index (χ1v) is 14.2. The maximum atomic E-state index is 13.6. The summed E-state index contributed by atoms with van der Waals surface area (Å²) in [5.41, 5.74) is 2.79. The van der Waals surface area contributed by atoms with Crippen LogP contribution in [-0.2, 0) is 22.7 Å². The van der Waals surface area contributed by atoms with Crippen molar-refractivity contribution in [2.45, 2.75) is 26.1 Å². The van der Waals surface area contributed by atoms with Gasteiger partial charge in [-0.15, -0.1) is 0 Å². The molecule has 1 amide bonds. The number of amides is 1. The Morgan fingerprint density at radius 2 is 1.51 bits per heavy atom. The molecule has 1 saturated heterocycles. The molecular formula is C35H31NO7. The number of ether oxygens (including phenoxy) is 4. The average molecular weight is 578 g/mol. The lowest BCUT2D eigenvalue weighted by molar-refractivity contribution is -0.140. The second-order valence-electron chi connectivity index (χ2n) is 10.2. The second-order valence-corrected chi connectivity index (χ2v) is 10.2. The van der Waals surface area contributed by atoms with E-state index in [0.717, 1.165) is 11.1 Å². The third kappa shape index (κ3) is 5.77. The van der Waals surface area contributed by atoms with E-state index in [2.05, 4.69) is 0 Å². The van der Waals surface area contributed by atoms with Crippen LogP contribution in [0.5, 0.6) is 23.0 Å². The van der Waals surface area contributed by atoms with Gasteiger partial charge in [-0.2, -0.15) is 0 Å². The molecule has 43 heavy (non-hydrogen) atoms. The molecule has 0 aliphatic carbocycles. The van der Waals surface area contributed by atoms with Gasteiger partial charge in [-0.3, -0.25) is 9.59 Å². The molecule has 2 heterocycles. The van der Waals surface area contributed by atoms with E-state index in [0.29, 0.717) is 60.6 Å². The number of benzene rings is 4. The number of nitrogens with zero attached hydrogens (tertiary/aromatic N) is 1. The summed E-state index contributed by atoms with van der Waals surface area (Å²) >= 11 is 0. The van der Waals surface area contributed by atoms with Gasteiger partial charge in [0.2, 0.25) is 0 Å². The van der Waals surface area contributed by atoms with Crippen molar-refractivity contribution in [1.82, 2.24) is 4.90 Å². The van der Waals surface area contributed by atoms with Gasteiger partial charge in [0.05, 0.1) is 18.2 Å². The Morgan fingerprint density at radius 3 is 2.23 bits per heavy atom. The highest BCUT2D eigenvalue weighted by Gasteiger charge is 2.46. The van der Waals surface area contributed by atoms with E-state index in [1.54, 1.807) is 36.4 Å². The maximum absolute atomic E-state index is 13.6. The van der Waals surface area contributed by atoms with Gasteiger partial charge in [-0.1, -0.05) is 66.7 Å². The molecule has 1 unspecified atom stereocenters. The van der Waals surface area contributed by atoms with Crippen molar-refractivity contribution in [3.8, 4) is 23.0 Å². The van der Waals surface area contributed by atoms with E-state index < -0.39 is 17.7 Å². The standard InChI is InChI=1S/C35H31NO7/c1-2-40-29-19-25(13-15-28(29)43-22-24-11-7-4-8-12-24)32-31(33(37)26-14-16-27-30(20-26)42-18-17-41-27)34(38)35(39)36(32)21-23-9-5-3-6-10-23/h3-16,19-20,32,37H,2,17-18,21-22H2,1H3. The second kappa shape index (κ2) is 12.3. The zero-order valence-corrected chi connectivity index (χ0v) is 23.7. The van der Waals surface area contributed by atoms with Crippen LogP contribution in [-0.4, -0.2) is 41.5 Å². The van der Waals surface area contributed by atoms with Gasteiger partial charge in [0.15, 0.2) is 23.0 Å². The molecule has 1 fully saturated rings. The van der Waals surface area contributed by atoms with Gasteiger partial charge in [0, 0.05) is 12.1 Å². The van der Waals surface area contributed by atoms with Crippen LogP contribution in [0.2, 0.25) is 0 Å². The van der Waals surface area contributed by atoms with Crippen LogP contribution in [0.15, 0.2) is 103 Å². The van der Waals surface area contributed by atoms with E-state index >= 15 is 0 Å². The first-order valence-electron chi connectivity index (χ1n) is 14.2. The topological polar surface area (TPSA) is 94.5 Å². The van der Waals surface area contributed by atoms with Crippen LogP contribution in [0.25, 0.3) is 5.76 Å². The van der Waals surface area contributed by atoms with Crippen LogP contribution in [0.3, 0.4) is 0 Å². The number of ketones is 1. The molecule has 0 aromatic heterocycles. The number of carbonyl (C=O) groups is 2. The molecule has 4 aromatic rings. The Bertz CT molecular complexity index is 1670. The summed E-state index contributed by atoms with van der Waals surface area (Å²) in [5.74, 6) is 0.256. The van der Waals surface area contributed by atoms with Crippen molar-refractivity contribution in [2.24, 2.45) is 0 Å². The Hall–Kier alpha value is -5.24. The number of Topliss-reactive ketones (excluding diaryl/α,β-unsaturated/α-hetero) is 1. The molecule has 0 bridgehead atoms. The van der Waals surface area contributed by atoms with Gasteiger partial charge in [0.1, 0.15) is 25.6 Å². The monoisotopic (exact) mass is 577 g/mol. The first-order chi connectivity index (χ1) is 21.0. The van der Waals surface area contributed by atoms with E-state index in [4.69, 9.17) is 18.9 Å². The molecule has 0 radical (unpaired) electrons. The molecule has 0 spiro atoms. The number of fused-ring (bicyclic) bond motifs is 1. The summed E-state index contributed by atoms with van der Waals surface area (Å²) in [6, 6.07) is 28.6. The smallest absolute Gasteiger partial charge is 0.295 e. The van der Waals surface area contributed by atoms with Gasteiger partial charge in [-0.05, 0) is 53.9 Å². The highest BCUT2D eigenvalue weighted by molar-refractivity contribution is 6.46. The Kier molecular flexibility index (Phi) is 8.00. The molecule has 2 aliphatic rings. The summed E-state index contributed by atoms with van der Waals surface area (Å²) in [7, 11) is 0. The summed E-state index contributed by atoms with van der Waals surface area (Å²) in [6.07, 6.45) is 0. The summed E-state index contributed by atoms with van der Waals surface area (Å²) < 4.78 is 23.4. The van der Waals surface area contributed by atoms with Crippen LogP contribution in [0, 0.1) is 0 Å². The number of hydrogen-bond acceptors (Lipinski definition) is 7. The summed E-state index contributed by atoms with van der Waals surface area (Å²) in [5, 5.41) is 11.6. The fourth-order valence-corrected chi connectivity index (χ4v) is 5.33. The van der Waals surface area contributed by atoms with Crippen molar-refractivity contribution in [3.05, 3.63) is 125 Å². The highest BCUT2D eigenvalue weighted by atomic mass is 16.6. The maximum Gasteiger partial charge on any atom is 0.295 e. The predicted octanol–water partition coefficient (Wildman–Crippen LogP) is 6.06. The third-order valence-electron chi connectivity index (χ3n) is 7.37. The minimum atomic E-state index is -0.879. The van der Waals surface area contributed by atoms with Crippen LogP contribution in [0.4, 0.5) is 0 Å². The SMILES string of the molecule is CCOc1cc(C2C(=C(O)c3ccc4c(c3)OCCO4)C(=O)C(=O)N2Cc2ccccc2)ccc1OCc1ccccc1. The molecule has 2 aliphatic heterocycles. The molecule has 8 nitrogen and oxygen atoms in total. The van der Waals surface area contributed by atoms with Gasteiger partial charge in [-0.25, -0.2) is 0 Å². The van der Waals surface area contributed by atoms with Gasteiger partial charge in [0.25, 0.3) is 11.7 Å². The van der Waals surface area contributed by atoms with Crippen LogP contribution in [0.1, 0.15) is 35.2 Å². The lowest BCUT2D eigenvalue weighted by Crippen LogP contribution is -2.29. The van der Waals surface area contributed by atoms with Crippen molar-refractivity contribution in [3.63, 3.8) is 0 Å². The molecule has 1 atom stereocenters. The molecule has 0 saturated carbocycles. The normalized spacial score (nSPS) is 17.1. The van der Waals surface area contributed by atoms with E-state index in [9.17, 15) is 14.7 Å². The molecule has 218 valence electrons. The number of hydrogen-bond donors (Lipinski definition) is 1. The highest BCUT2D eigenvalue weighted by Crippen LogP contribution is 2.44. The van der Waals surface area contributed by atoms with E-state index in [1.165, 1.54) is 4.90 Å². The van der Waals surface area contributed by atoms with Gasteiger partial charge >= 0.3 is 0 Å². The largest absolute Gasteiger partial charge is 0.507 e. The number of aliphatic hydroxyl groups is 1. The Labute approximate surface area is 249 Å². The van der Waals surface area contributed by atoms with Crippen molar-refractivity contribution < 1.29 is 33.6 Å². The summed E-state index contributed by atoms with van der Waals surface area (Å²) in [6.45, 7) is 3.57. The minimum absolute atomic E-state index is 0.0157. The fourth-order valence-electron chi connectivity index (χ4n) is 5.33. The molecular weight excluding hydrogens is 546 g/mol.